The average molecular weight is 343 g/mol. The molecule has 0 aliphatic rings. The number of benzene rings is 1. The van der Waals surface area contributed by atoms with Crippen molar-refractivity contribution in [3.05, 3.63) is 29.6 Å². The fourth-order valence-corrected chi connectivity index (χ4v) is 2.95. The molecule has 24 heavy (non-hydrogen) atoms. The van der Waals surface area contributed by atoms with Gasteiger partial charge in [-0.25, -0.2) is 4.52 Å². The van der Waals surface area contributed by atoms with Crippen LogP contribution in [0.1, 0.15) is 20.8 Å². The zero-order valence-corrected chi connectivity index (χ0v) is 14.3. The molecule has 0 atom stereocenters. The van der Waals surface area contributed by atoms with Gasteiger partial charge >= 0.3 is 0 Å². The van der Waals surface area contributed by atoms with Crippen molar-refractivity contribution in [2.45, 2.75) is 20.8 Å². The van der Waals surface area contributed by atoms with Crippen LogP contribution < -0.4 is 10.6 Å². The van der Waals surface area contributed by atoms with Crippen LogP contribution in [0.15, 0.2) is 29.6 Å². The van der Waals surface area contributed by atoms with E-state index in [1.807, 2.05) is 43.5 Å². The molecule has 2 N–H and O–H groups in total. The number of carbonyl (C=O) groups is 2. The number of hydrogen-bond acceptors (Lipinski definition) is 5. The number of carbonyl (C=O) groups excluding carboxylic acids is 2. The molecule has 0 saturated heterocycles. The molecule has 2 aromatic heterocycles. The molecule has 0 bridgehead atoms. The maximum Gasteiger partial charge on any atom is 0.250 e. The summed E-state index contributed by atoms with van der Waals surface area (Å²) in [6.07, 6.45) is 0. The highest BCUT2D eigenvalue weighted by Gasteiger charge is 2.14. The van der Waals surface area contributed by atoms with E-state index in [2.05, 4.69) is 20.7 Å². The smallest absolute Gasteiger partial charge is 0.250 e. The van der Waals surface area contributed by atoms with Crippen molar-refractivity contribution in [1.29, 1.82) is 0 Å². The maximum absolute atomic E-state index is 11.8. The number of amides is 2. The van der Waals surface area contributed by atoms with Crippen molar-refractivity contribution in [3.63, 3.8) is 0 Å². The van der Waals surface area contributed by atoms with Crippen molar-refractivity contribution in [1.82, 2.24) is 14.6 Å². The van der Waals surface area contributed by atoms with Crippen LogP contribution in [-0.4, -0.2) is 26.4 Å². The summed E-state index contributed by atoms with van der Waals surface area (Å²) in [6.45, 7) is 5.10. The third-order valence-electron chi connectivity index (χ3n) is 3.34. The summed E-state index contributed by atoms with van der Waals surface area (Å²) in [5.41, 5.74) is 2.56. The molecule has 2 amide bonds. The van der Waals surface area contributed by atoms with E-state index >= 15 is 0 Å². The summed E-state index contributed by atoms with van der Waals surface area (Å²) in [7, 11) is 0. The van der Waals surface area contributed by atoms with Crippen molar-refractivity contribution in [2.24, 2.45) is 5.92 Å². The van der Waals surface area contributed by atoms with Crippen LogP contribution in [0.4, 0.5) is 11.6 Å². The molecule has 3 rings (SSSR count). The number of nitrogens with one attached hydrogen (secondary N) is 2. The van der Waals surface area contributed by atoms with Crippen LogP contribution in [0.3, 0.4) is 0 Å². The number of aromatic nitrogens is 3. The fraction of sp³-hybridized carbons (Fsp3) is 0.250. The van der Waals surface area contributed by atoms with Crippen LogP contribution in [0, 0.1) is 5.92 Å². The van der Waals surface area contributed by atoms with E-state index in [0.29, 0.717) is 10.9 Å². The Hall–Kier alpha value is -2.74. The van der Waals surface area contributed by atoms with Gasteiger partial charge in [-0.3, -0.25) is 14.9 Å². The second kappa shape index (κ2) is 6.40. The molecule has 0 unspecified atom stereocenters. The topological polar surface area (TPSA) is 88.4 Å². The molecular formula is C16H17N5O2S. The van der Waals surface area contributed by atoms with E-state index in [0.717, 1.165) is 16.9 Å². The van der Waals surface area contributed by atoms with E-state index < -0.39 is 0 Å². The van der Waals surface area contributed by atoms with E-state index in [4.69, 9.17) is 0 Å². The number of rotatable bonds is 4. The Bertz CT molecular complexity index is 895. The summed E-state index contributed by atoms with van der Waals surface area (Å²) < 4.78 is 1.70. The highest BCUT2D eigenvalue weighted by molar-refractivity contribution is 7.15. The summed E-state index contributed by atoms with van der Waals surface area (Å²) in [5.74, 6) is -0.0547. The van der Waals surface area contributed by atoms with Crippen LogP contribution in [0.5, 0.6) is 0 Å². The molecule has 0 spiro atoms. The fourth-order valence-electron chi connectivity index (χ4n) is 2.11. The predicted molar refractivity (Wildman–Crippen MR) is 94.1 cm³/mol. The van der Waals surface area contributed by atoms with Gasteiger partial charge in [0.05, 0.1) is 5.69 Å². The Morgan fingerprint density at radius 2 is 1.88 bits per heavy atom. The van der Waals surface area contributed by atoms with Crippen LogP contribution in [-0.2, 0) is 9.59 Å². The zero-order chi connectivity index (χ0) is 17.3. The lowest BCUT2D eigenvalue weighted by Crippen LogP contribution is -2.18. The third kappa shape index (κ3) is 3.28. The van der Waals surface area contributed by atoms with Gasteiger partial charge in [-0.15, -0.1) is 16.4 Å². The first-order valence-corrected chi connectivity index (χ1v) is 8.35. The molecule has 0 radical (unpaired) electrons. The molecule has 0 aliphatic carbocycles. The lowest BCUT2D eigenvalue weighted by molar-refractivity contribution is -0.119. The number of anilines is 2. The average Bonchev–Trinajstić information content (AvgIpc) is 3.07. The normalized spacial score (nSPS) is 11.0. The van der Waals surface area contributed by atoms with Crippen LogP contribution >= 0.6 is 11.3 Å². The molecule has 124 valence electrons. The SMILES string of the molecule is CC(=O)Nc1ccc(-c2csc3nc(NC(=O)C(C)C)nn23)cc1. The number of nitrogens with zero attached hydrogens (tertiary/aromatic N) is 3. The Kier molecular flexibility index (Phi) is 4.30. The summed E-state index contributed by atoms with van der Waals surface area (Å²) >= 11 is 1.45. The summed E-state index contributed by atoms with van der Waals surface area (Å²) in [4.78, 5) is 27.9. The minimum atomic E-state index is -0.132. The van der Waals surface area contributed by atoms with Gasteiger partial charge in [0.15, 0.2) is 0 Å². The second-order valence-corrected chi connectivity index (χ2v) is 6.49. The first-order valence-electron chi connectivity index (χ1n) is 7.47. The van der Waals surface area contributed by atoms with Crippen molar-refractivity contribution >= 4 is 39.7 Å². The summed E-state index contributed by atoms with van der Waals surface area (Å²) in [5, 5.41) is 11.7. The van der Waals surface area contributed by atoms with Gasteiger partial charge in [0.1, 0.15) is 0 Å². The molecule has 7 nitrogen and oxygen atoms in total. The van der Waals surface area contributed by atoms with E-state index in [1.165, 1.54) is 18.3 Å². The predicted octanol–water partition coefficient (Wildman–Crippen LogP) is 3.01. The van der Waals surface area contributed by atoms with Crippen molar-refractivity contribution < 1.29 is 9.59 Å². The zero-order valence-electron chi connectivity index (χ0n) is 13.5. The van der Waals surface area contributed by atoms with Gasteiger partial charge in [0.2, 0.25) is 22.7 Å². The Balaban J connectivity index is 1.88. The van der Waals surface area contributed by atoms with Gasteiger partial charge in [0, 0.05) is 29.5 Å². The van der Waals surface area contributed by atoms with Gasteiger partial charge in [-0.1, -0.05) is 26.0 Å². The van der Waals surface area contributed by atoms with E-state index in [9.17, 15) is 9.59 Å². The highest BCUT2D eigenvalue weighted by atomic mass is 32.1. The van der Waals surface area contributed by atoms with E-state index in [-0.39, 0.29) is 17.7 Å². The monoisotopic (exact) mass is 343 g/mol. The lowest BCUT2D eigenvalue weighted by Gasteiger charge is -2.04. The standard InChI is InChI=1S/C16H17N5O2S/c1-9(2)14(23)18-15-19-16-21(20-15)13(8-24-16)11-4-6-12(7-5-11)17-10(3)22/h4-9H,1-3H3,(H,17,22)(H,18,20,23). The molecule has 1 aromatic carbocycles. The molecule has 0 saturated carbocycles. The van der Waals surface area contributed by atoms with Gasteiger partial charge in [0.25, 0.3) is 0 Å². The summed E-state index contributed by atoms with van der Waals surface area (Å²) in [6, 6.07) is 7.47. The third-order valence-corrected chi connectivity index (χ3v) is 4.16. The van der Waals surface area contributed by atoms with Gasteiger partial charge < -0.3 is 5.32 Å². The molecule has 0 aliphatic heterocycles. The second-order valence-electron chi connectivity index (χ2n) is 5.65. The minimum Gasteiger partial charge on any atom is -0.326 e. The Morgan fingerprint density at radius 3 is 2.50 bits per heavy atom. The van der Waals surface area contributed by atoms with Crippen molar-refractivity contribution in [2.75, 3.05) is 10.6 Å². The number of hydrogen-bond donors (Lipinski definition) is 2. The number of fused-ring (bicyclic) bond motifs is 1. The number of thiazole rings is 1. The lowest BCUT2D eigenvalue weighted by atomic mass is 10.1. The largest absolute Gasteiger partial charge is 0.326 e. The van der Waals surface area contributed by atoms with Gasteiger partial charge in [-0.05, 0) is 12.1 Å². The highest BCUT2D eigenvalue weighted by Crippen LogP contribution is 2.27. The first kappa shape index (κ1) is 16.1. The maximum atomic E-state index is 11.8. The van der Waals surface area contributed by atoms with Crippen LogP contribution in [0.2, 0.25) is 0 Å². The Morgan fingerprint density at radius 1 is 1.17 bits per heavy atom. The van der Waals surface area contributed by atoms with E-state index in [1.54, 1.807) is 4.52 Å². The Labute approximate surface area is 142 Å². The van der Waals surface area contributed by atoms with Crippen LogP contribution in [0.25, 0.3) is 16.2 Å². The molecular weight excluding hydrogens is 326 g/mol. The van der Waals surface area contributed by atoms with Gasteiger partial charge in [-0.2, -0.15) is 4.98 Å². The molecule has 2 heterocycles. The quantitative estimate of drug-likeness (QED) is 0.762. The molecule has 8 heteroatoms. The minimum absolute atomic E-state index is 0.109. The first-order chi connectivity index (χ1) is 11.4. The molecule has 0 fully saturated rings. The van der Waals surface area contributed by atoms with Crippen molar-refractivity contribution in [3.8, 4) is 11.3 Å². The molecule has 3 aromatic rings.